The molecular formula is C7H14N4. The van der Waals surface area contributed by atoms with E-state index >= 15 is 0 Å². The minimum atomic E-state index is 0.464. The Hall–Kier alpha value is -0.730. The molecular weight excluding hydrogens is 140 g/mol. The zero-order valence-electron chi connectivity index (χ0n) is 7.06. The van der Waals surface area contributed by atoms with Crippen LogP contribution in [0.2, 0.25) is 0 Å². The van der Waals surface area contributed by atoms with E-state index in [0.29, 0.717) is 18.5 Å². The molecule has 1 aliphatic heterocycles. The molecule has 4 heteroatoms. The van der Waals surface area contributed by atoms with Crippen LogP contribution in [0.3, 0.4) is 0 Å². The molecule has 2 unspecified atom stereocenters. The molecule has 1 heterocycles. The van der Waals surface area contributed by atoms with Crippen molar-refractivity contribution in [3.8, 4) is 0 Å². The molecule has 0 saturated carbocycles. The Kier molecular flexibility index (Phi) is 2.74. The van der Waals surface area contributed by atoms with Crippen LogP contribution in [0.25, 0.3) is 10.4 Å². The van der Waals surface area contributed by atoms with Crippen molar-refractivity contribution in [3.05, 3.63) is 10.4 Å². The maximum Gasteiger partial charge on any atom is 0.0416 e. The number of azide groups is 1. The second-order valence-electron chi connectivity index (χ2n) is 3.23. The maximum absolute atomic E-state index is 8.14. The molecule has 62 valence electrons. The lowest BCUT2D eigenvalue weighted by molar-refractivity contribution is 0.286. The van der Waals surface area contributed by atoms with Crippen LogP contribution in [0.4, 0.5) is 0 Å². The third-order valence-corrected chi connectivity index (χ3v) is 2.49. The van der Waals surface area contributed by atoms with Gasteiger partial charge in [0, 0.05) is 17.5 Å². The SMILES string of the molecule is CC1CCN(C)C1CN=[N+]=[N-]. The second kappa shape index (κ2) is 3.60. The van der Waals surface area contributed by atoms with Crippen molar-refractivity contribution in [2.45, 2.75) is 19.4 Å². The van der Waals surface area contributed by atoms with Crippen molar-refractivity contribution in [3.63, 3.8) is 0 Å². The third-order valence-electron chi connectivity index (χ3n) is 2.49. The van der Waals surface area contributed by atoms with Crippen LogP contribution in [-0.4, -0.2) is 31.1 Å². The predicted molar refractivity (Wildman–Crippen MR) is 44.2 cm³/mol. The summed E-state index contributed by atoms with van der Waals surface area (Å²) in [5.74, 6) is 0.672. The van der Waals surface area contributed by atoms with Gasteiger partial charge in [0.2, 0.25) is 0 Å². The molecule has 0 aromatic rings. The van der Waals surface area contributed by atoms with Crippen molar-refractivity contribution < 1.29 is 0 Å². The first kappa shape index (κ1) is 8.37. The lowest BCUT2D eigenvalue weighted by atomic mass is 10.0. The number of rotatable bonds is 2. The molecule has 1 saturated heterocycles. The minimum Gasteiger partial charge on any atom is -0.303 e. The van der Waals surface area contributed by atoms with Crippen LogP contribution in [0.5, 0.6) is 0 Å². The summed E-state index contributed by atoms with van der Waals surface area (Å²) in [5.41, 5.74) is 8.14. The number of likely N-dealkylation sites (N-methyl/N-ethyl adjacent to an activating group) is 1. The van der Waals surface area contributed by atoms with Crippen LogP contribution in [0.15, 0.2) is 5.11 Å². The molecule has 0 spiro atoms. The van der Waals surface area contributed by atoms with E-state index < -0.39 is 0 Å². The first-order chi connectivity index (χ1) is 5.25. The van der Waals surface area contributed by atoms with E-state index in [1.165, 1.54) is 6.42 Å². The van der Waals surface area contributed by atoms with E-state index in [0.717, 1.165) is 6.54 Å². The summed E-state index contributed by atoms with van der Waals surface area (Å²) in [6.07, 6.45) is 1.22. The fraction of sp³-hybridized carbons (Fsp3) is 1.00. The van der Waals surface area contributed by atoms with Gasteiger partial charge in [-0.05, 0) is 31.5 Å². The summed E-state index contributed by atoms with van der Waals surface area (Å²) in [6, 6.07) is 0.464. The van der Waals surface area contributed by atoms with Crippen molar-refractivity contribution in [2.75, 3.05) is 20.1 Å². The van der Waals surface area contributed by atoms with Crippen molar-refractivity contribution in [2.24, 2.45) is 11.0 Å². The predicted octanol–water partition coefficient (Wildman–Crippen LogP) is 1.64. The Labute approximate surface area is 66.8 Å². The van der Waals surface area contributed by atoms with Crippen LogP contribution in [-0.2, 0) is 0 Å². The molecule has 0 aromatic carbocycles. The number of nitrogens with zero attached hydrogens (tertiary/aromatic N) is 4. The van der Waals surface area contributed by atoms with Gasteiger partial charge in [-0.1, -0.05) is 12.0 Å². The van der Waals surface area contributed by atoms with Crippen molar-refractivity contribution in [1.29, 1.82) is 0 Å². The van der Waals surface area contributed by atoms with Gasteiger partial charge in [0.05, 0.1) is 0 Å². The Morgan fingerprint density at radius 2 is 2.45 bits per heavy atom. The normalized spacial score (nSPS) is 31.8. The van der Waals surface area contributed by atoms with Gasteiger partial charge in [0.25, 0.3) is 0 Å². The average Bonchev–Trinajstić information content (AvgIpc) is 2.29. The van der Waals surface area contributed by atoms with Gasteiger partial charge in [-0.25, -0.2) is 0 Å². The standard InChI is InChI=1S/C7H14N4/c1-6-3-4-11(2)7(6)5-9-10-8/h6-7H,3-5H2,1-2H3. The van der Waals surface area contributed by atoms with Gasteiger partial charge >= 0.3 is 0 Å². The topological polar surface area (TPSA) is 52.0 Å². The highest BCUT2D eigenvalue weighted by atomic mass is 15.2. The zero-order valence-corrected chi connectivity index (χ0v) is 7.06. The van der Waals surface area contributed by atoms with E-state index in [4.69, 9.17) is 5.53 Å². The molecule has 1 rings (SSSR count). The molecule has 0 aromatic heterocycles. The van der Waals surface area contributed by atoms with Crippen LogP contribution in [0.1, 0.15) is 13.3 Å². The fourth-order valence-corrected chi connectivity index (χ4v) is 1.64. The molecule has 1 fully saturated rings. The van der Waals surface area contributed by atoms with Crippen LogP contribution in [0, 0.1) is 5.92 Å². The monoisotopic (exact) mass is 154 g/mol. The summed E-state index contributed by atoms with van der Waals surface area (Å²) in [6.45, 7) is 3.96. The second-order valence-corrected chi connectivity index (χ2v) is 3.23. The van der Waals surface area contributed by atoms with Gasteiger partial charge in [-0.15, -0.1) is 0 Å². The Bertz CT molecular complexity index is 163. The highest BCUT2D eigenvalue weighted by Crippen LogP contribution is 2.21. The van der Waals surface area contributed by atoms with Gasteiger partial charge < -0.3 is 4.90 Å². The largest absolute Gasteiger partial charge is 0.303 e. The fourth-order valence-electron chi connectivity index (χ4n) is 1.64. The number of hydrogen-bond donors (Lipinski definition) is 0. The Morgan fingerprint density at radius 1 is 1.73 bits per heavy atom. The van der Waals surface area contributed by atoms with E-state index in [1.807, 2.05) is 0 Å². The van der Waals surface area contributed by atoms with E-state index in [9.17, 15) is 0 Å². The summed E-state index contributed by atoms with van der Waals surface area (Å²) < 4.78 is 0. The molecule has 1 aliphatic rings. The minimum absolute atomic E-state index is 0.464. The number of hydrogen-bond acceptors (Lipinski definition) is 2. The molecule has 0 N–H and O–H groups in total. The summed E-state index contributed by atoms with van der Waals surface area (Å²) >= 11 is 0. The molecule has 2 atom stereocenters. The molecule has 4 nitrogen and oxygen atoms in total. The molecule has 11 heavy (non-hydrogen) atoms. The lowest BCUT2D eigenvalue weighted by Crippen LogP contribution is -2.30. The van der Waals surface area contributed by atoms with Crippen LogP contribution < -0.4 is 0 Å². The zero-order chi connectivity index (χ0) is 8.27. The summed E-state index contributed by atoms with van der Waals surface area (Å²) in [5, 5.41) is 3.59. The highest BCUT2D eigenvalue weighted by Gasteiger charge is 2.27. The Balaban J connectivity index is 2.47. The van der Waals surface area contributed by atoms with Gasteiger partial charge in [0.15, 0.2) is 0 Å². The quantitative estimate of drug-likeness (QED) is 0.339. The van der Waals surface area contributed by atoms with Crippen molar-refractivity contribution in [1.82, 2.24) is 4.90 Å². The average molecular weight is 154 g/mol. The van der Waals surface area contributed by atoms with E-state index in [-0.39, 0.29) is 0 Å². The van der Waals surface area contributed by atoms with Crippen molar-refractivity contribution >= 4 is 0 Å². The van der Waals surface area contributed by atoms with Crippen LogP contribution >= 0.6 is 0 Å². The smallest absolute Gasteiger partial charge is 0.0416 e. The molecule has 0 radical (unpaired) electrons. The maximum atomic E-state index is 8.14. The highest BCUT2D eigenvalue weighted by molar-refractivity contribution is 4.83. The molecule has 0 bridgehead atoms. The van der Waals surface area contributed by atoms with Gasteiger partial charge in [-0.3, -0.25) is 0 Å². The van der Waals surface area contributed by atoms with E-state index in [1.54, 1.807) is 0 Å². The lowest BCUT2D eigenvalue weighted by Gasteiger charge is -2.20. The number of likely N-dealkylation sites (tertiary alicyclic amines) is 1. The van der Waals surface area contributed by atoms with Gasteiger partial charge in [-0.2, -0.15) is 0 Å². The molecule has 0 aliphatic carbocycles. The summed E-state index contributed by atoms with van der Waals surface area (Å²) in [7, 11) is 2.08. The first-order valence-corrected chi connectivity index (χ1v) is 3.97. The molecule has 0 amide bonds. The van der Waals surface area contributed by atoms with Gasteiger partial charge in [0.1, 0.15) is 0 Å². The summed E-state index contributed by atoms with van der Waals surface area (Å²) in [4.78, 5) is 5.03. The third kappa shape index (κ3) is 1.85. The van der Waals surface area contributed by atoms with E-state index in [2.05, 4.69) is 28.9 Å². The Morgan fingerprint density at radius 3 is 2.91 bits per heavy atom. The first-order valence-electron chi connectivity index (χ1n) is 3.97.